The third-order valence-electron chi connectivity index (χ3n) is 3.19. The van der Waals surface area contributed by atoms with Gasteiger partial charge in [0.1, 0.15) is 0 Å². The zero-order valence-electron chi connectivity index (χ0n) is 9.87. The molecule has 3 heteroatoms. The van der Waals surface area contributed by atoms with Crippen LogP contribution in [0.15, 0.2) is 12.1 Å². The van der Waals surface area contributed by atoms with Crippen molar-refractivity contribution in [2.24, 2.45) is 5.92 Å². The van der Waals surface area contributed by atoms with Gasteiger partial charge in [-0.15, -0.1) is 0 Å². The standard InChI is InChI=1S/C13H16O3/c1-8-4-5-10-9(12(8)14)6-7-11(15-2)13(10)16-3/h6-8H,4-5H2,1-3H3/t8-/m0/s1. The molecule has 0 N–H and O–H groups in total. The molecule has 0 unspecified atom stereocenters. The van der Waals surface area contributed by atoms with E-state index in [9.17, 15) is 4.79 Å². The maximum absolute atomic E-state index is 12.0. The van der Waals surface area contributed by atoms with E-state index in [1.165, 1.54) is 0 Å². The van der Waals surface area contributed by atoms with Crippen molar-refractivity contribution in [1.82, 2.24) is 0 Å². The summed E-state index contributed by atoms with van der Waals surface area (Å²) in [6, 6.07) is 3.64. The minimum absolute atomic E-state index is 0.116. The topological polar surface area (TPSA) is 35.5 Å². The van der Waals surface area contributed by atoms with Crippen molar-refractivity contribution in [2.75, 3.05) is 14.2 Å². The Labute approximate surface area is 95.4 Å². The molecule has 0 bridgehead atoms. The van der Waals surface area contributed by atoms with E-state index in [0.29, 0.717) is 11.5 Å². The summed E-state index contributed by atoms with van der Waals surface area (Å²) >= 11 is 0. The van der Waals surface area contributed by atoms with E-state index in [4.69, 9.17) is 9.47 Å². The summed E-state index contributed by atoms with van der Waals surface area (Å²) in [5, 5.41) is 0. The number of ether oxygens (including phenoxy) is 2. The molecular formula is C13H16O3. The average molecular weight is 220 g/mol. The lowest BCUT2D eigenvalue weighted by atomic mass is 9.83. The van der Waals surface area contributed by atoms with Gasteiger partial charge in [-0.1, -0.05) is 6.92 Å². The van der Waals surface area contributed by atoms with Gasteiger partial charge in [0.2, 0.25) is 0 Å². The Kier molecular flexibility index (Phi) is 2.86. The molecule has 1 aliphatic rings. The van der Waals surface area contributed by atoms with Crippen LogP contribution in [-0.4, -0.2) is 20.0 Å². The first-order valence-corrected chi connectivity index (χ1v) is 5.47. The molecule has 0 aromatic heterocycles. The fourth-order valence-electron chi connectivity index (χ4n) is 2.23. The first kappa shape index (κ1) is 11.0. The third kappa shape index (κ3) is 1.56. The van der Waals surface area contributed by atoms with Crippen LogP contribution in [-0.2, 0) is 6.42 Å². The van der Waals surface area contributed by atoms with Crippen molar-refractivity contribution in [3.63, 3.8) is 0 Å². The van der Waals surface area contributed by atoms with Crippen LogP contribution in [0.4, 0.5) is 0 Å². The molecule has 0 saturated carbocycles. The molecule has 1 aliphatic carbocycles. The highest BCUT2D eigenvalue weighted by Gasteiger charge is 2.27. The van der Waals surface area contributed by atoms with Gasteiger partial charge in [0.15, 0.2) is 17.3 Å². The van der Waals surface area contributed by atoms with E-state index >= 15 is 0 Å². The lowest BCUT2D eigenvalue weighted by Gasteiger charge is -2.23. The van der Waals surface area contributed by atoms with Gasteiger partial charge in [0.25, 0.3) is 0 Å². The van der Waals surface area contributed by atoms with Gasteiger partial charge < -0.3 is 9.47 Å². The van der Waals surface area contributed by atoms with Crippen LogP contribution in [0.25, 0.3) is 0 Å². The van der Waals surface area contributed by atoms with Crippen LogP contribution in [0, 0.1) is 5.92 Å². The highest BCUT2D eigenvalue weighted by molar-refractivity contribution is 6.00. The Hall–Kier alpha value is -1.51. The molecule has 0 radical (unpaired) electrons. The summed E-state index contributed by atoms with van der Waals surface area (Å²) in [6.07, 6.45) is 1.76. The number of hydrogen-bond donors (Lipinski definition) is 0. The van der Waals surface area contributed by atoms with Gasteiger partial charge >= 0.3 is 0 Å². The molecule has 0 saturated heterocycles. The highest BCUT2D eigenvalue weighted by Crippen LogP contribution is 2.38. The second-order valence-electron chi connectivity index (χ2n) is 4.13. The highest BCUT2D eigenvalue weighted by atomic mass is 16.5. The molecule has 0 amide bonds. The molecule has 0 fully saturated rings. The SMILES string of the molecule is COc1ccc2c(c1OC)CC[C@H](C)C2=O. The van der Waals surface area contributed by atoms with Crippen molar-refractivity contribution in [2.45, 2.75) is 19.8 Å². The van der Waals surface area contributed by atoms with Crippen molar-refractivity contribution < 1.29 is 14.3 Å². The van der Waals surface area contributed by atoms with Gasteiger partial charge in [0.05, 0.1) is 14.2 Å². The fourth-order valence-corrected chi connectivity index (χ4v) is 2.23. The van der Waals surface area contributed by atoms with E-state index < -0.39 is 0 Å². The number of carbonyl (C=O) groups excluding carboxylic acids is 1. The van der Waals surface area contributed by atoms with Crippen LogP contribution in [0.2, 0.25) is 0 Å². The van der Waals surface area contributed by atoms with E-state index in [-0.39, 0.29) is 11.7 Å². The molecule has 0 aliphatic heterocycles. The molecule has 16 heavy (non-hydrogen) atoms. The minimum Gasteiger partial charge on any atom is -0.493 e. The number of ketones is 1. The molecule has 1 atom stereocenters. The molecule has 1 aromatic rings. The summed E-state index contributed by atoms with van der Waals surface area (Å²) in [5.74, 6) is 1.73. The van der Waals surface area contributed by atoms with Crippen LogP contribution in [0.1, 0.15) is 29.3 Å². The molecule has 0 heterocycles. The van der Waals surface area contributed by atoms with E-state index in [2.05, 4.69) is 0 Å². The second kappa shape index (κ2) is 4.16. The summed E-state index contributed by atoms with van der Waals surface area (Å²) in [5.41, 5.74) is 1.78. The Morgan fingerprint density at radius 2 is 2.00 bits per heavy atom. The summed E-state index contributed by atoms with van der Waals surface area (Å²) < 4.78 is 10.6. The summed E-state index contributed by atoms with van der Waals surface area (Å²) in [7, 11) is 3.22. The second-order valence-corrected chi connectivity index (χ2v) is 4.13. The number of hydrogen-bond acceptors (Lipinski definition) is 3. The largest absolute Gasteiger partial charge is 0.493 e. The monoisotopic (exact) mass is 220 g/mol. The quantitative estimate of drug-likeness (QED) is 0.768. The van der Waals surface area contributed by atoms with Crippen LogP contribution >= 0.6 is 0 Å². The molecule has 1 aromatic carbocycles. The lowest BCUT2D eigenvalue weighted by Crippen LogP contribution is -2.20. The number of rotatable bonds is 2. The lowest BCUT2D eigenvalue weighted by molar-refractivity contribution is 0.0912. The average Bonchev–Trinajstić information content (AvgIpc) is 2.32. The van der Waals surface area contributed by atoms with E-state index in [1.54, 1.807) is 20.3 Å². The van der Waals surface area contributed by atoms with Crippen molar-refractivity contribution in [1.29, 1.82) is 0 Å². The van der Waals surface area contributed by atoms with Crippen LogP contribution in [0.5, 0.6) is 11.5 Å². The van der Waals surface area contributed by atoms with Gasteiger partial charge in [-0.3, -0.25) is 4.79 Å². The predicted octanol–water partition coefficient (Wildman–Crippen LogP) is 2.47. The van der Waals surface area contributed by atoms with Crippen molar-refractivity contribution in [3.05, 3.63) is 23.3 Å². The Bertz CT molecular complexity index is 423. The molecule has 86 valence electrons. The van der Waals surface area contributed by atoms with Gasteiger partial charge in [0, 0.05) is 17.0 Å². The Balaban J connectivity index is 2.57. The molecular weight excluding hydrogens is 204 g/mol. The fraction of sp³-hybridized carbons (Fsp3) is 0.462. The molecule has 2 rings (SSSR count). The zero-order valence-corrected chi connectivity index (χ0v) is 9.87. The first-order valence-electron chi connectivity index (χ1n) is 5.47. The van der Waals surface area contributed by atoms with Gasteiger partial charge in [-0.05, 0) is 25.0 Å². The first-order chi connectivity index (χ1) is 7.69. The predicted molar refractivity (Wildman–Crippen MR) is 61.4 cm³/mol. The number of Topliss-reactive ketones (excluding diaryl/α,β-unsaturated/α-hetero) is 1. The Morgan fingerprint density at radius 1 is 1.25 bits per heavy atom. The van der Waals surface area contributed by atoms with Gasteiger partial charge in [-0.2, -0.15) is 0 Å². The third-order valence-corrected chi connectivity index (χ3v) is 3.19. The number of carbonyl (C=O) groups is 1. The summed E-state index contributed by atoms with van der Waals surface area (Å²) in [6.45, 7) is 1.97. The Morgan fingerprint density at radius 3 is 2.62 bits per heavy atom. The van der Waals surface area contributed by atoms with E-state index in [0.717, 1.165) is 24.0 Å². The van der Waals surface area contributed by atoms with Crippen LogP contribution in [0.3, 0.4) is 0 Å². The zero-order chi connectivity index (χ0) is 11.7. The molecule has 0 spiro atoms. The number of benzene rings is 1. The van der Waals surface area contributed by atoms with E-state index in [1.807, 2.05) is 13.0 Å². The minimum atomic E-state index is 0.116. The normalized spacial score (nSPS) is 19.2. The van der Waals surface area contributed by atoms with Gasteiger partial charge in [-0.25, -0.2) is 0 Å². The smallest absolute Gasteiger partial charge is 0.166 e. The number of methoxy groups -OCH3 is 2. The van der Waals surface area contributed by atoms with Crippen LogP contribution < -0.4 is 9.47 Å². The number of fused-ring (bicyclic) bond motifs is 1. The van der Waals surface area contributed by atoms with Crippen molar-refractivity contribution in [3.8, 4) is 11.5 Å². The maximum atomic E-state index is 12.0. The van der Waals surface area contributed by atoms with Crippen molar-refractivity contribution >= 4 is 5.78 Å². The summed E-state index contributed by atoms with van der Waals surface area (Å²) in [4.78, 5) is 12.0. The maximum Gasteiger partial charge on any atom is 0.166 e. The molecule has 3 nitrogen and oxygen atoms in total.